The van der Waals surface area contributed by atoms with Crippen molar-refractivity contribution in [2.45, 2.75) is 26.2 Å². The molecule has 0 fully saturated rings. The SMILES string of the molecule is CC(C)(C)c1cc(NC(=O)c2ccc(NC(=O)c3cccc4nsnc34)cc2)no1. The van der Waals surface area contributed by atoms with Gasteiger partial charge in [-0.2, -0.15) is 8.75 Å². The minimum atomic E-state index is -0.319. The van der Waals surface area contributed by atoms with E-state index >= 15 is 0 Å². The van der Waals surface area contributed by atoms with Crippen molar-refractivity contribution in [2.75, 3.05) is 10.6 Å². The minimum Gasteiger partial charge on any atom is -0.359 e. The average molecular weight is 421 g/mol. The number of carbonyl (C=O) groups is 2. The zero-order valence-corrected chi connectivity index (χ0v) is 17.4. The van der Waals surface area contributed by atoms with E-state index in [0.717, 1.165) is 11.7 Å². The van der Waals surface area contributed by atoms with Crippen LogP contribution in [0.1, 0.15) is 47.2 Å². The van der Waals surface area contributed by atoms with E-state index in [-0.39, 0.29) is 17.2 Å². The van der Waals surface area contributed by atoms with Gasteiger partial charge in [-0.05, 0) is 36.4 Å². The van der Waals surface area contributed by atoms with E-state index < -0.39 is 0 Å². The Morgan fingerprint density at radius 2 is 1.73 bits per heavy atom. The van der Waals surface area contributed by atoms with Crippen molar-refractivity contribution in [1.82, 2.24) is 13.9 Å². The van der Waals surface area contributed by atoms with Gasteiger partial charge < -0.3 is 15.2 Å². The third-order valence-corrected chi connectivity index (χ3v) is 4.97. The standard InChI is InChI=1S/C21H19N5O3S/c1-21(2,3)16-11-17(24-29-16)23-19(27)12-7-9-13(10-8-12)22-20(28)14-5-4-6-15-18(14)26-30-25-15/h4-11H,1-3H3,(H,22,28)(H,23,24,27). The number of anilines is 2. The summed E-state index contributed by atoms with van der Waals surface area (Å²) in [6.07, 6.45) is 0. The maximum absolute atomic E-state index is 12.6. The third kappa shape index (κ3) is 4.06. The molecule has 0 bridgehead atoms. The van der Waals surface area contributed by atoms with Crippen LogP contribution in [0.2, 0.25) is 0 Å². The van der Waals surface area contributed by atoms with Crippen molar-refractivity contribution in [1.29, 1.82) is 0 Å². The third-order valence-electron chi connectivity index (χ3n) is 4.43. The molecule has 0 saturated carbocycles. The Hall–Kier alpha value is -3.59. The summed E-state index contributed by atoms with van der Waals surface area (Å²) in [7, 11) is 0. The van der Waals surface area contributed by atoms with Crippen LogP contribution in [0.5, 0.6) is 0 Å². The molecule has 2 heterocycles. The Bertz CT molecular complexity index is 1220. The molecule has 0 unspecified atom stereocenters. The van der Waals surface area contributed by atoms with E-state index in [9.17, 15) is 9.59 Å². The van der Waals surface area contributed by atoms with Crippen LogP contribution in [-0.2, 0) is 5.41 Å². The molecule has 0 saturated heterocycles. The maximum atomic E-state index is 12.6. The van der Waals surface area contributed by atoms with Gasteiger partial charge in [0.05, 0.1) is 17.3 Å². The number of aromatic nitrogens is 3. The summed E-state index contributed by atoms with van der Waals surface area (Å²) >= 11 is 1.06. The van der Waals surface area contributed by atoms with E-state index in [2.05, 4.69) is 24.5 Å². The number of nitrogens with zero attached hydrogens (tertiary/aromatic N) is 3. The molecule has 9 heteroatoms. The molecule has 152 valence electrons. The first-order chi connectivity index (χ1) is 14.3. The van der Waals surface area contributed by atoms with E-state index in [1.807, 2.05) is 26.8 Å². The maximum Gasteiger partial charge on any atom is 0.257 e. The molecule has 30 heavy (non-hydrogen) atoms. The first kappa shape index (κ1) is 19.7. The number of amides is 2. The molecule has 2 aromatic heterocycles. The van der Waals surface area contributed by atoms with Crippen molar-refractivity contribution in [3.05, 3.63) is 65.4 Å². The second kappa shape index (κ2) is 7.68. The molecule has 0 aliphatic heterocycles. The number of hydrogen-bond acceptors (Lipinski definition) is 7. The first-order valence-electron chi connectivity index (χ1n) is 9.22. The molecule has 4 aromatic rings. The van der Waals surface area contributed by atoms with Gasteiger partial charge in [-0.15, -0.1) is 0 Å². The predicted molar refractivity (Wildman–Crippen MR) is 115 cm³/mol. The van der Waals surface area contributed by atoms with Crippen LogP contribution in [-0.4, -0.2) is 25.7 Å². The van der Waals surface area contributed by atoms with Crippen LogP contribution in [0.4, 0.5) is 11.5 Å². The van der Waals surface area contributed by atoms with E-state index in [4.69, 9.17) is 4.52 Å². The Balaban J connectivity index is 1.43. The summed E-state index contributed by atoms with van der Waals surface area (Å²) < 4.78 is 13.6. The van der Waals surface area contributed by atoms with E-state index in [1.54, 1.807) is 42.5 Å². The van der Waals surface area contributed by atoms with E-state index in [0.29, 0.717) is 39.4 Å². The smallest absolute Gasteiger partial charge is 0.257 e. The van der Waals surface area contributed by atoms with Crippen molar-refractivity contribution >= 4 is 46.1 Å². The molecule has 8 nitrogen and oxygen atoms in total. The predicted octanol–water partition coefficient (Wildman–Crippen LogP) is 4.48. The van der Waals surface area contributed by atoms with Gasteiger partial charge in [-0.3, -0.25) is 9.59 Å². The minimum absolute atomic E-state index is 0.200. The molecule has 2 amide bonds. The Morgan fingerprint density at radius 1 is 0.967 bits per heavy atom. The van der Waals surface area contributed by atoms with Crippen LogP contribution in [0.3, 0.4) is 0 Å². The van der Waals surface area contributed by atoms with Crippen LogP contribution in [0, 0.1) is 0 Å². The zero-order valence-electron chi connectivity index (χ0n) is 16.6. The number of hydrogen-bond donors (Lipinski definition) is 2. The second-order valence-corrected chi connectivity index (χ2v) is 8.28. The molecule has 4 rings (SSSR count). The van der Waals surface area contributed by atoms with Gasteiger partial charge >= 0.3 is 0 Å². The van der Waals surface area contributed by atoms with Gasteiger partial charge in [-0.25, -0.2) is 0 Å². The summed E-state index contributed by atoms with van der Waals surface area (Å²) in [6, 6.07) is 13.6. The number of carbonyl (C=O) groups excluding carboxylic acids is 2. The lowest BCUT2D eigenvalue weighted by molar-refractivity contribution is 0.102. The fourth-order valence-electron chi connectivity index (χ4n) is 2.77. The highest BCUT2D eigenvalue weighted by atomic mass is 32.1. The summed E-state index contributed by atoms with van der Waals surface area (Å²) in [5, 5.41) is 9.41. The molecule has 0 aliphatic carbocycles. The summed E-state index contributed by atoms with van der Waals surface area (Å²) in [6.45, 7) is 5.99. The van der Waals surface area contributed by atoms with Gasteiger partial charge in [0, 0.05) is 22.7 Å². The fraction of sp³-hybridized carbons (Fsp3) is 0.190. The average Bonchev–Trinajstić information content (AvgIpc) is 3.37. The molecule has 0 radical (unpaired) electrons. The molecule has 0 spiro atoms. The number of rotatable bonds is 4. The van der Waals surface area contributed by atoms with Crippen molar-refractivity contribution in [3.8, 4) is 0 Å². The second-order valence-electron chi connectivity index (χ2n) is 7.75. The summed E-state index contributed by atoms with van der Waals surface area (Å²) in [4.78, 5) is 25.0. The highest BCUT2D eigenvalue weighted by Crippen LogP contribution is 2.25. The number of fused-ring (bicyclic) bond motifs is 1. The molecular formula is C21H19N5O3S. The highest BCUT2D eigenvalue weighted by molar-refractivity contribution is 7.00. The highest BCUT2D eigenvalue weighted by Gasteiger charge is 2.20. The lowest BCUT2D eigenvalue weighted by Crippen LogP contribution is -2.14. The molecule has 2 aromatic carbocycles. The van der Waals surface area contributed by atoms with E-state index in [1.165, 1.54) is 0 Å². The monoisotopic (exact) mass is 421 g/mol. The lowest BCUT2D eigenvalue weighted by atomic mass is 9.93. The van der Waals surface area contributed by atoms with Gasteiger partial charge in [0.25, 0.3) is 11.8 Å². The Kier molecular flexibility index (Phi) is 5.04. The molecular weight excluding hydrogens is 402 g/mol. The normalized spacial score (nSPS) is 11.4. The van der Waals surface area contributed by atoms with Gasteiger partial charge in [0.1, 0.15) is 16.8 Å². The van der Waals surface area contributed by atoms with Crippen LogP contribution in [0.15, 0.2) is 53.1 Å². The molecule has 0 atom stereocenters. The fourth-order valence-corrected chi connectivity index (χ4v) is 3.32. The van der Waals surface area contributed by atoms with Gasteiger partial charge in [0.15, 0.2) is 5.82 Å². The van der Waals surface area contributed by atoms with Crippen molar-refractivity contribution in [2.24, 2.45) is 0 Å². The van der Waals surface area contributed by atoms with Crippen molar-refractivity contribution < 1.29 is 14.1 Å². The zero-order chi connectivity index (χ0) is 21.3. The summed E-state index contributed by atoms with van der Waals surface area (Å²) in [5.74, 6) is 0.427. The van der Waals surface area contributed by atoms with Crippen molar-refractivity contribution in [3.63, 3.8) is 0 Å². The van der Waals surface area contributed by atoms with Gasteiger partial charge in [-0.1, -0.05) is 32.0 Å². The topological polar surface area (TPSA) is 110 Å². The first-order valence-corrected chi connectivity index (χ1v) is 9.95. The molecule has 2 N–H and O–H groups in total. The lowest BCUT2D eigenvalue weighted by Gasteiger charge is -2.12. The van der Waals surface area contributed by atoms with Gasteiger partial charge in [0.2, 0.25) is 0 Å². The Labute approximate surface area is 176 Å². The largest absolute Gasteiger partial charge is 0.359 e. The quantitative estimate of drug-likeness (QED) is 0.503. The molecule has 0 aliphatic rings. The van der Waals surface area contributed by atoms with Crippen LogP contribution in [0.25, 0.3) is 11.0 Å². The van der Waals surface area contributed by atoms with Crippen LogP contribution < -0.4 is 10.6 Å². The summed E-state index contributed by atoms with van der Waals surface area (Å²) in [5.41, 5.74) is 2.49. The van der Waals surface area contributed by atoms with Crippen LogP contribution >= 0.6 is 11.7 Å². The number of benzene rings is 2. The Morgan fingerprint density at radius 3 is 2.43 bits per heavy atom. The number of nitrogens with one attached hydrogen (secondary N) is 2.